The minimum absolute atomic E-state index is 0.188. The van der Waals surface area contributed by atoms with E-state index in [-0.39, 0.29) is 11.7 Å². The van der Waals surface area contributed by atoms with Crippen molar-refractivity contribution in [1.82, 2.24) is 14.8 Å². The van der Waals surface area contributed by atoms with Crippen LogP contribution in [0.25, 0.3) is 0 Å². The zero-order valence-electron chi connectivity index (χ0n) is 13.1. The number of primary amides is 1. The van der Waals surface area contributed by atoms with Crippen molar-refractivity contribution in [3.63, 3.8) is 0 Å². The maximum absolute atomic E-state index is 11.1. The fourth-order valence-electron chi connectivity index (χ4n) is 2.66. The van der Waals surface area contributed by atoms with Crippen molar-refractivity contribution in [2.24, 2.45) is 11.7 Å². The fourth-order valence-corrected chi connectivity index (χ4v) is 3.33. The topological polar surface area (TPSA) is 90.2 Å². The van der Waals surface area contributed by atoms with Crippen molar-refractivity contribution < 1.29 is 9.21 Å². The number of hydrogen-bond acceptors (Lipinski definition) is 6. The average molecular weight is 335 g/mol. The highest BCUT2D eigenvalue weighted by Crippen LogP contribution is 2.26. The van der Waals surface area contributed by atoms with E-state index in [9.17, 15) is 4.79 Å². The van der Waals surface area contributed by atoms with E-state index < -0.39 is 0 Å². The summed E-state index contributed by atoms with van der Waals surface area (Å²) >= 11 is 1.31. The third kappa shape index (κ3) is 3.87. The first-order valence-corrected chi connectivity index (χ1v) is 8.73. The van der Waals surface area contributed by atoms with Gasteiger partial charge in [0.2, 0.25) is 11.9 Å². The molecule has 0 saturated carbocycles. The zero-order valence-corrected chi connectivity index (χ0v) is 14.0. The molecule has 3 heterocycles. The summed E-state index contributed by atoms with van der Waals surface area (Å²) in [5, 5.41) is 9.28. The van der Waals surface area contributed by atoms with Gasteiger partial charge >= 0.3 is 0 Å². The molecule has 1 aliphatic rings. The minimum Gasteiger partial charge on any atom is -0.467 e. The number of aromatic nitrogens is 3. The van der Waals surface area contributed by atoms with Crippen LogP contribution < -0.4 is 10.6 Å². The lowest BCUT2D eigenvalue weighted by Crippen LogP contribution is -2.35. The van der Waals surface area contributed by atoms with Gasteiger partial charge in [0, 0.05) is 13.1 Å². The number of carbonyl (C=O) groups is 1. The van der Waals surface area contributed by atoms with Gasteiger partial charge in [0.25, 0.3) is 0 Å². The summed E-state index contributed by atoms with van der Waals surface area (Å²) in [5.74, 6) is 2.23. The molecule has 1 amide bonds. The smallest absolute Gasteiger partial charge is 0.228 e. The molecule has 0 radical (unpaired) electrons. The van der Waals surface area contributed by atoms with Gasteiger partial charge in [0.15, 0.2) is 5.16 Å². The van der Waals surface area contributed by atoms with Crippen LogP contribution in [0.5, 0.6) is 0 Å². The highest BCUT2D eigenvalue weighted by Gasteiger charge is 2.23. The molecule has 0 spiro atoms. The zero-order chi connectivity index (χ0) is 16.2. The Morgan fingerprint density at radius 2 is 2.22 bits per heavy atom. The predicted molar refractivity (Wildman–Crippen MR) is 88.4 cm³/mol. The molecule has 124 valence electrons. The van der Waals surface area contributed by atoms with Crippen LogP contribution in [-0.2, 0) is 11.3 Å². The van der Waals surface area contributed by atoms with Crippen LogP contribution in [0.3, 0.4) is 0 Å². The van der Waals surface area contributed by atoms with E-state index in [2.05, 4.69) is 22.0 Å². The summed E-state index contributed by atoms with van der Waals surface area (Å²) in [5.41, 5.74) is 5.25. The van der Waals surface area contributed by atoms with E-state index in [0.717, 1.165) is 43.6 Å². The summed E-state index contributed by atoms with van der Waals surface area (Å²) in [6, 6.07) is 3.78. The Morgan fingerprint density at radius 3 is 2.87 bits per heavy atom. The number of carbonyl (C=O) groups excluding carboxylic acids is 1. The molecule has 8 heteroatoms. The molecule has 0 atom stereocenters. The summed E-state index contributed by atoms with van der Waals surface area (Å²) in [4.78, 5) is 13.3. The van der Waals surface area contributed by atoms with Crippen LogP contribution in [0.15, 0.2) is 28.0 Å². The van der Waals surface area contributed by atoms with Crippen LogP contribution in [0, 0.1) is 5.92 Å². The molecule has 1 fully saturated rings. The molecule has 1 aliphatic heterocycles. The quantitative estimate of drug-likeness (QED) is 0.809. The molecule has 0 bridgehead atoms. The molecule has 0 aromatic carbocycles. The molecule has 7 nitrogen and oxygen atoms in total. The number of thioether (sulfide) groups is 1. The second-order valence-electron chi connectivity index (χ2n) is 5.87. The van der Waals surface area contributed by atoms with Crippen LogP contribution in [0.1, 0.15) is 25.5 Å². The van der Waals surface area contributed by atoms with Crippen LogP contribution >= 0.6 is 11.8 Å². The van der Waals surface area contributed by atoms with Crippen molar-refractivity contribution in [2.75, 3.05) is 23.7 Å². The van der Waals surface area contributed by atoms with Gasteiger partial charge in [-0.1, -0.05) is 18.7 Å². The van der Waals surface area contributed by atoms with Gasteiger partial charge in [-0.15, -0.1) is 10.2 Å². The molecule has 2 aromatic heterocycles. The largest absolute Gasteiger partial charge is 0.467 e. The Labute approximate surface area is 139 Å². The number of furan rings is 1. The van der Waals surface area contributed by atoms with E-state index in [1.54, 1.807) is 6.26 Å². The number of rotatable bonds is 6. The first-order valence-electron chi connectivity index (χ1n) is 7.75. The maximum atomic E-state index is 11.1. The first kappa shape index (κ1) is 15.9. The second kappa shape index (κ2) is 7.08. The standard InChI is InChI=1S/C15H21N5O2S/c1-11-4-6-19(7-5-11)14-17-18-15(23-10-13(16)21)20(14)9-12-3-2-8-22-12/h2-3,8,11H,4-7,9-10H2,1H3,(H2,16,21). The summed E-state index contributed by atoms with van der Waals surface area (Å²) in [6.07, 6.45) is 3.95. The monoisotopic (exact) mass is 335 g/mol. The second-order valence-corrected chi connectivity index (χ2v) is 6.82. The number of piperidine rings is 1. The van der Waals surface area contributed by atoms with Gasteiger partial charge in [-0.3, -0.25) is 9.36 Å². The molecular formula is C15H21N5O2S. The fraction of sp³-hybridized carbons (Fsp3) is 0.533. The van der Waals surface area contributed by atoms with Crippen molar-refractivity contribution in [1.29, 1.82) is 0 Å². The first-order chi connectivity index (χ1) is 11.1. The predicted octanol–water partition coefficient (Wildman–Crippen LogP) is 1.73. The number of hydrogen-bond donors (Lipinski definition) is 1. The molecule has 23 heavy (non-hydrogen) atoms. The molecule has 2 N–H and O–H groups in total. The lowest BCUT2D eigenvalue weighted by molar-refractivity contribution is -0.115. The van der Waals surface area contributed by atoms with Crippen molar-refractivity contribution >= 4 is 23.6 Å². The summed E-state index contributed by atoms with van der Waals surface area (Å²) in [6.45, 7) is 4.76. The van der Waals surface area contributed by atoms with Gasteiger partial charge in [-0.05, 0) is 30.9 Å². The Bertz CT molecular complexity index is 647. The number of nitrogens with zero attached hydrogens (tertiary/aromatic N) is 4. The van der Waals surface area contributed by atoms with Gasteiger partial charge in [-0.25, -0.2) is 0 Å². The van der Waals surface area contributed by atoms with E-state index in [4.69, 9.17) is 10.2 Å². The van der Waals surface area contributed by atoms with Crippen LogP contribution in [-0.4, -0.2) is 39.5 Å². The van der Waals surface area contributed by atoms with E-state index in [1.807, 2.05) is 16.7 Å². The third-order valence-corrected chi connectivity index (χ3v) is 4.99. The van der Waals surface area contributed by atoms with Gasteiger partial charge in [0.05, 0.1) is 18.6 Å². The van der Waals surface area contributed by atoms with E-state index >= 15 is 0 Å². The lowest BCUT2D eigenvalue weighted by Gasteiger charge is -2.31. The number of anilines is 1. The SMILES string of the molecule is CC1CCN(c2nnc(SCC(N)=O)n2Cc2ccco2)CC1. The normalized spacial score (nSPS) is 16.0. The van der Waals surface area contributed by atoms with Gasteiger partial charge in [-0.2, -0.15) is 0 Å². The van der Waals surface area contributed by atoms with Crippen LogP contribution in [0.2, 0.25) is 0 Å². The lowest BCUT2D eigenvalue weighted by atomic mass is 10.00. The number of nitrogens with two attached hydrogens (primary N) is 1. The van der Waals surface area contributed by atoms with E-state index in [1.165, 1.54) is 11.8 Å². The molecule has 0 unspecified atom stereocenters. The van der Waals surface area contributed by atoms with Crippen molar-refractivity contribution in [3.8, 4) is 0 Å². The summed E-state index contributed by atoms with van der Waals surface area (Å²) in [7, 11) is 0. The van der Waals surface area contributed by atoms with Crippen LogP contribution in [0.4, 0.5) is 5.95 Å². The molecule has 3 rings (SSSR count). The Hall–Kier alpha value is -1.96. The van der Waals surface area contributed by atoms with Gasteiger partial charge < -0.3 is 15.1 Å². The minimum atomic E-state index is -0.365. The Morgan fingerprint density at radius 1 is 1.43 bits per heavy atom. The molecular weight excluding hydrogens is 314 g/mol. The molecule has 0 aliphatic carbocycles. The average Bonchev–Trinajstić information content (AvgIpc) is 3.17. The molecule has 1 saturated heterocycles. The highest BCUT2D eigenvalue weighted by molar-refractivity contribution is 7.99. The molecule has 2 aromatic rings. The Kier molecular flexibility index (Phi) is 4.90. The third-order valence-electron chi connectivity index (χ3n) is 4.00. The Balaban J connectivity index is 1.84. The van der Waals surface area contributed by atoms with E-state index in [0.29, 0.717) is 11.7 Å². The highest BCUT2D eigenvalue weighted by atomic mass is 32.2. The van der Waals surface area contributed by atoms with Crippen molar-refractivity contribution in [2.45, 2.75) is 31.5 Å². The van der Waals surface area contributed by atoms with Gasteiger partial charge in [0.1, 0.15) is 5.76 Å². The number of amides is 1. The van der Waals surface area contributed by atoms with Crippen molar-refractivity contribution in [3.05, 3.63) is 24.2 Å². The maximum Gasteiger partial charge on any atom is 0.228 e. The summed E-state index contributed by atoms with van der Waals surface area (Å²) < 4.78 is 7.45.